The summed E-state index contributed by atoms with van der Waals surface area (Å²) in [5.41, 5.74) is 1.24. The van der Waals surface area contributed by atoms with Gasteiger partial charge in [-0.15, -0.1) is 0 Å². The average molecular weight is 307 g/mol. The summed E-state index contributed by atoms with van der Waals surface area (Å²) in [6.45, 7) is 5.01. The molecule has 0 saturated carbocycles. The second kappa shape index (κ2) is 2.95. The Morgan fingerprint density at radius 2 is 2.15 bits per heavy atom. The third-order valence-electron chi connectivity index (χ3n) is 2.20. The number of pyridine rings is 1. The predicted octanol–water partition coefficient (Wildman–Crippen LogP) is 3.28. The zero-order valence-corrected chi connectivity index (χ0v) is 10.6. The Bertz CT molecular complexity index is 363. The molecule has 1 aromatic rings. The lowest BCUT2D eigenvalue weighted by Crippen LogP contribution is -2.18. The van der Waals surface area contributed by atoms with Crippen LogP contribution in [0.3, 0.4) is 0 Å². The quantitative estimate of drug-likeness (QED) is 0.686. The highest BCUT2D eigenvalue weighted by atomic mass is 79.9. The molecule has 0 fully saturated rings. The number of fused-ring (bicyclic) bond motifs is 1. The van der Waals surface area contributed by atoms with Gasteiger partial charge >= 0.3 is 0 Å². The molecule has 2 heterocycles. The number of hydrogen-bond donors (Lipinski definition) is 0. The van der Waals surface area contributed by atoms with E-state index < -0.39 is 0 Å². The van der Waals surface area contributed by atoms with Crippen LogP contribution in [0.1, 0.15) is 19.4 Å². The van der Waals surface area contributed by atoms with Crippen molar-refractivity contribution in [2.24, 2.45) is 0 Å². The van der Waals surface area contributed by atoms with Crippen LogP contribution in [0.2, 0.25) is 0 Å². The van der Waals surface area contributed by atoms with Gasteiger partial charge in [-0.1, -0.05) is 13.8 Å². The summed E-state index contributed by atoms with van der Waals surface area (Å²) in [7, 11) is 0. The van der Waals surface area contributed by atoms with Crippen LogP contribution in [0.4, 0.5) is 0 Å². The molecular weight excluding hydrogens is 298 g/mol. The Morgan fingerprint density at radius 3 is 2.85 bits per heavy atom. The maximum atomic E-state index is 5.49. The highest BCUT2D eigenvalue weighted by molar-refractivity contribution is 9.13. The number of hydrogen-bond acceptors (Lipinski definition) is 2. The van der Waals surface area contributed by atoms with Crippen molar-refractivity contribution in [1.82, 2.24) is 4.98 Å². The fourth-order valence-corrected chi connectivity index (χ4v) is 1.97. The normalized spacial score (nSPS) is 18.2. The van der Waals surface area contributed by atoms with E-state index >= 15 is 0 Å². The maximum Gasteiger partial charge on any atom is 0.218 e. The van der Waals surface area contributed by atoms with Crippen molar-refractivity contribution in [3.63, 3.8) is 0 Å². The lowest BCUT2D eigenvalue weighted by atomic mass is 9.88. The molecular formula is C9H9Br2NO. The van der Waals surface area contributed by atoms with Gasteiger partial charge in [-0.2, -0.15) is 0 Å². The van der Waals surface area contributed by atoms with E-state index in [-0.39, 0.29) is 5.41 Å². The van der Waals surface area contributed by atoms with E-state index in [0.717, 1.165) is 15.0 Å². The van der Waals surface area contributed by atoms with Crippen LogP contribution in [0.15, 0.2) is 15.1 Å². The lowest BCUT2D eigenvalue weighted by Gasteiger charge is -2.14. The molecule has 1 aliphatic heterocycles. The first kappa shape index (κ1) is 9.46. The van der Waals surface area contributed by atoms with Crippen LogP contribution >= 0.6 is 31.9 Å². The summed E-state index contributed by atoms with van der Waals surface area (Å²) in [4.78, 5) is 4.30. The minimum absolute atomic E-state index is 0.0750. The molecule has 0 spiro atoms. The van der Waals surface area contributed by atoms with Crippen molar-refractivity contribution >= 4 is 31.9 Å². The zero-order valence-electron chi connectivity index (χ0n) is 7.40. The van der Waals surface area contributed by atoms with E-state index in [1.807, 2.05) is 0 Å². The first-order valence-corrected chi connectivity index (χ1v) is 5.58. The molecule has 2 nitrogen and oxygen atoms in total. The maximum absolute atomic E-state index is 5.49. The van der Waals surface area contributed by atoms with E-state index in [9.17, 15) is 0 Å². The molecule has 4 heteroatoms. The number of halogens is 2. The predicted molar refractivity (Wildman–Crippen MR) is 58.2 cm³/mol. The van der Waals surface area contributed by atoms with Gasteiger partial charge in [0.15, 0.2) is 0 Å². The lowest BCUT2D eigenvalue weighted by molar-refractivity contribution is 0.284. The van der Waals surface area contributed by atoms with E-state index in [0.29, 0.717) is 6.61 Å². The summed E-state index contributed by atoms with van der Waals surface area (Å²) in [6, 6.07) is 2.07. The fraction of sp³-hybridized carbons (Fsp3) is 0.444. The topological polar surface area (TPSA) is 22.1 Å². The summed E-state index contributed by atoms with van der Waals surface area (Å²) in [5.74, 6) is 0.750. The molecule has 0 unspecified atom stereocenters. The second-order valence-corrected chi connectivity index (χ2v) is 5.39. The van der Waals surface area contributed by atoms with Gasteiger partial charge in [0, 0.05) is 11.0 Å². The molecule has 0 radical (unpaired) electrons. The number of ether oxygens (including phenoxy) is 1. The smallest absolute Gasteiger partial charge is 0.218 e. The Kier molecular flexibility index (Phi) is 2.15. The zero-order chi connectivity index (χ0) is 9.64. The first-order chi connectivity index (χ1) is 6.00. The Balaban J connectivity index is 2.61. The van der Waals surface area contributed by atoms with Crippen LogP contribution in [-0.2, 0) is 5.41 Å². The average Bonchev–Trinajstić information content (AvgIpc) is 2.31. The van der Waals surface area contributed by atoms with E-state index in [1.165, 1.54) is 5.56 Å². The van der Waals surface area contributed by atoms with Gasteiger partial charge < -0.3 is 4.74 Å². The minimum Gasteiger partial charge on any atom is -0.476 e. The molecule has 0 amide bonds. The first-order valence-electron chi connectivity index (χ1n) is 4.00. The monoisotopic (exact) mass is 305 g/mol. The number of nitrogens with zero attached hydrogens (tertiary/aromatic N) is 1. The van der Waals surface area contributed by atoms with Gasteiger partial charge in [0.2, 0.25) is 5.88 Å². The molecule has 0 aliphatic carbocycles. The van der Waals surface area contributed by atoms with E-state index in [1.54, 1.807) is 0 Å². The Hall–Kier alpha value is -0.0900. The van der Waals surface area contributed by atoms with Gasteiger partial charge in [-0.3, -0.25) is 0 Å². The molecule has 1 aliphatic rings. The molecule has 13 heavy (non-hydrogen) atoms. The van der Waals surface area contributed by atoms with Crippen molar-refractivity contribution in [2.45, 2.75) is 19.3 Å². The molecule has 1 aromatic heterocycles. The molecule has 0 bridgehead atoms. The van der Waals surface area contributed by atoms with Crippen LogP contribution in [0.5, 0.6) is 5.88 Å². The Morgan fingerprint density at radius 1 is 1.46 bits per heavy atom. The molecule has 0 saturated heterocycles. The van der Waals surface area contributed by atoms with Gasteiger partial charge in [0.1, 0.15) is 4.60 Å². The van der Waals surface area contributed by atoms with Crippen LogP contribution in [0, 0.1) is 0 Å². The molecule has 0 aromatic carbocycles. The fourth-order valence-electron chi connectivity index (χ4n) is 1.37. The third-order valence-corrected chi connectivity index (χ3v) is 3.94. The van der Waals surface area contributed by atoms with Gasteiger partial charge in [0.25, 0.3) is 0 Å². The van der Waals surface area contributed by atoms with Crippen molar-refractivity contribution in [2.75, 3.05) is 6.61 Å². The van der Waals surface area contributed by atoms with Crippen molar-refractivity contribution in [3.05, 3.63) is 20.7 Å². The number of rotatable bonds is 0. The standard InChI is InChI=1S/C9H9Br2NO/c1-9(2)4-13-8-5(9)3-6(10)7(11)12-8/h3H,4H2,1-2H3. The minimum atomic E-state index is 0.0750. The molecule has 0 atom stereocenters. The SMILES string of the molecule is CC1(C)COc2nc(Br)c(Br)cc21. The van der Waals surface area contributed by atoms with E-state index in [4.69, 9.17) is 4.74 Å². The summed E-state index contributed by atoms with van der Waals surface area (Å²) in [6.07, 6.45) is 0. The van der Waals surface area contributed by atoms with Gasteiger partial charge in [-0.25, -0.2) is 4.98 Å². The highest BCUT2D eigenvalue weighted by Crippen LogP contribution is 2.40. The van der Waals surface area contributed by atoms with Crippen molar-refractivity contribution < 1.29 is 4.74 Å². The van der Waals surface area contributed by atoms with E-state index in [2.05, 4.69) is 56.8 Å². The largest absolute Gasteiger partial charge is 0.476 e. The van der Waals surface area contributed by atoms with Crippen LogP contribution < -0.4 is 4.74 Å². The number of aromatic nitrogens is 1. The highest BCUT2D eigenvalue weighted by Gasteiger charge is 2.33. The second-order valence-electron chi connectivity index (χ2n) is 3.79. The molecule has 70 valence electrons. The molecule has 0 N–H and O–H groups in total. The molecule has 2 rings (SSSR count). The third kappa shape index (κ3) is 1.50. The van der Waals surface area contributed by atoms with Crippen molar-refractivity contribution in [3.8, 4) is 5.88 Å². The van der Waals surface area contributed by atoms with Gasteiger partial charge in [0.05, 0.1) is 11.1 Å². The summed E-state index contributed by atoms with van der Waals surface area (Å²) in [5, 5.41) is 0. The summed E-state index contributed by atoms with van der Waals surface area (Å²) >= 11 is 6.78. The van der Waals surface area contributed by atoms with Gasteiger partial charge in [-0.05, 0) is 37.9 Å². The van der Waals surface area contributed by atoms with Crippen molar-refractivity contribution in [1.29, 1.82) is 0 Å². The Labute approximate surface area is 94.0 Å². The summed E-state index contributed by atoms with van der Waals surface area (Å²) < 4.78 is 7.26. The van der Waals surface area contributed by atoms with Crippen LogP contribution in [-0.4, -0.2) is 11.6 Å². The van der Waals surface area contributed by atoms with Crippen LogP contribution in [0.25, 0.3) is 0 Å².